The monoisotopic (exact) mass is 277 g/mol. The number of rotatable bonds is 2. The van der Waals surface area contributed by atoms with E-state index in [-0.39, 0.29) is 12.1 Å². The first kappa shape index (κ1) is 14.0. The molecule has 0 radical (unpaired) electrons. The molecule has 1 aromatic rings. The van der Waals surface area contributed by atoms with E-state index in [2.05, 4.69) is 15.2 Å². The zero-order valence-corrected chi connectivity index (χ0v) is 10.7. The molecule has 2 atom stereocenters. The Hall–Kier alpha value is -1.37. The molecule has 3 nitrogen and oxygen atoms in total. The highest BCUT2D eigenvalue weighted by atomic mass is 19.2. The quantitative estimate of drug-likeness (QED) is 0.665. The summed E-state index contributed by atoms with van der Waals surface area (Å²) in [7, 11) is 1.95. The van der Waals surface area contributed by atoms with Crippen LogP contribution in [0.1, 0.15) is 19.8 Å². The summed E-state index contributed by atoms with van der Waals surface area (Å²) >= 11 is 0. The number of likely N-dealkylation sites (tertiary alicyclic amines) is 1. The predicted molar refractivity (Wildman–Crippen MR) is 62.8 cm³/mol. The van der Waals surface area contributed by atoms with Crippen molar-refractivity contribution in [1.29, 1.82) is 0 Å². The average Bonchev–Trinajstić information content (AvgIpc) is 2.36. The summed E-state index contributed by atoms with van der Waals surface area (Å²) in [6.07, 6.45) is 1.28. The molecule has 1 saturated heterocycles. The van der Waals surface area contributed by atoms with E-state index < -0.39 is 29.2 Å². The van der Waals surface area contributed by atoms with Crippen molar-refractivity contribution < 1.29 is 17.6 Å². The number of nitrogens with one attached hydrogen (secondary N) is 1. The normalized spacial score (nSPS) is 24.5. The molecule has 0 bridgehead atoms. The van der Waals surface area contributed by atoms with Crippen molar-refractivity contribution in [3.05, 3.63) is 23.5 Å². The fourth-order valence-corrected chi connectivity index (χ4v) is 2.24. The molecule has 1 aromatic heterocycles. The summed E-state index contributed by atoms with van der Waals surface area (Å²) in [5.74, 6) is -6.24. The lowest BCUT2D eigenvalue weighted by Gasteiger charge is -2.35. The van der Waals surface area contributed by atoms with E-state index in [0.29, 0.717) is 12.8 Å². The molecule has 0 spiro atoms. The molecule has 0 saturated carbocycles. The van der Waals surface area contributed by atoms with Gasteiger partial charge >= 0.3 is 0 Å². The number of nitrogens with zero attached hydrogens (tertiary/aromatic N) is 2. The fourth-order valence-electron chi connectivity index (χ4n) is 2.24. The van der Waals surface area contributed by atoms with E-state index in [4.69, 9.17) is 0 Å². The van der Waals surface area contributed by atoms with Gasteiger partial charge < -0.3 is 10.2 Å². The van der Waals surface area contributed by atoms with Crippen LogP contribution in [0.25, 0.3) is 0 Å². The molecular formula is C12H15F4N3. The van der Waals surface area contributed by atoms with Gasteiger partial charge in [-0.3, -0.25) is 0 Å². The number of anilines is 1. The second-order valence-electron chi connectivity index (χ2n) is 4.89. The summed E-state index contributed by atoms with van der Waals surface area (Å²) in [5, 5.41) is 2.55. The Morgan fingerprint density at radius 2 is 1.74 bits per heavy atom. The third-order valence-electron chi connectivity index (χ3n) is 3.55. The van der Waals surface area contributed by atoms with Gasteiger partial charge in [0, 0.05) is 18.6 Å². The van der Waals surface area contributed by atoms with Crippen LogP contribution >= 0.6 is 0 Å². The van der Waals surface area contributed by atoms with Gasteiger partial charge in [0.25, 0.3) is 11.9 Å². The number of pyridine rings is 1. The highest BCUT2D eigenvalue weighted by molar-refractivity contribution is 5.46. The Kier molecular flexibility index (Phi) is 3.93. The van der Waals surface area contributed by atoms with Gasteiger partial charge in [0.05, 0.1) is 0 Å². The number of piperidine rings is 1. The maximum Gasteiger partial charge on any atom is 0.253 e. The smallest absolute Gasteiger partial charge is 0.253 e. The van der Waals surface area contributed by atoms with Crippen LogP contribution in [-0.2, 0) is 0 Å². The van der Waals surface area contributed by atoms with Crippen LogP contribution in [0.2, 0.25) is 0 Å². The number of aromatic nitrogens is 1. The third-order valence-corrected chi connectivity index (χ3v) is 3.55. The van der Waals surface area contributed by atoms with Crippen LogP contribution in [0, 0.1) is 23.5 Å². The summed E-state index contributed by atoms with van der Waals surface area (Å²) in [4.78, 5) is 4.63. The number of halogens is 4. The molecule has 0 aliphatic carbocycles. The minimum atomic E-state index is -1.64. The molecular weight excluding hydrogens is 262 g/mol. The lowest BCUT2D eigenvalue weighted by molar-refractivity contribution is 0.189. The van der Waals surface area contributed by atoms with E-state index in [1.54, 1.807) is 0 Å². The Labute approximate surface area is 108 Å². The Morgan fingerprint density at radius 3 is 2.26 bits per heavy atom. The maximum absolute atomic E-state index is 13.5. The second kappa shape index (κ2) is 5.32. The third kappa shape index (κ3) is 2.80. The van der Waals surface area contributed by atoms with Gasteiger partial charge in [-0.2, -0.15) is 22.5 Å². The SMILES string of the molecule is CC1CC(Nc2c(F)c(F)nc(F)c2F)CCN1C. The van der Waals surface area contributed by atoms with Crippen LogP contribution < -0.4 is 5.32 Å². The molecule has 1 fully saturated rings. The number of hydrogen-bond donors (Lipinski definition) is 1. The van der Waals surface area contributed by atoms with Crippen LogP contribution in [-0.4, -0.2) is 35.6 Å². The molecule has 106 valence electrons. The standard InChI is InChI=1S/C12H15F4N3/c1-6-5-7(3-4-19(6)2)17-10-8(13)11(15)18-12(16)9(10)14/h6-7H,3-5H2,1-2H3,(H,17,18). The largest absolute Gasteiger partial charge is 0.377 e. The molecule has 7 heteroatoms. The van der Waals surface area contributed by atoms with Gasteiger partial charge in [-0.05, 0) is 26.8 Å². The topological polar surface area (TPSA) is 28.2 Å². The maximum atomic E-state index is 13.5. The van der Waals surface area contributed by atoms with Crippen molar-refractivity contribution in [2.24, 2.45) is 0 Å². The van der Waals surface area contributed by atoms with Gasteiger partial charge in [-0.1, -0.05) is 0 Å². The van der Waals surface area contributed by atoms with Crippen molar-refractivity contribution in [2.45, 2.75) is 31.8 Å². The molecule has 0 amide bonds. The highest BCUT2D eigenvalue weighted by Crippen LogP contribution is 2.26. The van der Waals surface area contributed by atoms with Crippen molar-refractivity contribution in [1.82, 2.24) is 9.88 Å². The summed E-state index contributed by atoms with van der Waals surface area (Å²) in [6.45, 7) is 2.73. The Bertz CT molecular complexity index is 454. The van der Waals surface area contributed by atoms with Gasteiger partial charge in [-0.25, -0.2) is 0 Å². The fraction of sp³-hybridized carbons (Fsp3) is 0.583. The average molecular weight is 277 g/mol. The van der Waals surface area contributed by atoms with E-state index in [9.17, 15) is 17.6 Å². The van der Waals surface area contributed by atoms with Crippen molar-refractivity contribution in [3.63, 3.8) is 0 Å². The molecule has 1 N–H and O–H groups in total. The molecule has 19 heavy (non-hydrogen) atoms. The molecule has 2 rings (SSSR count). The predicted octanol–water partition coefficient (Wildman–Crippen LogP) is 2.53. The zero-order chi connectivity index (χ0) is 14.2. The first-order valence-electron chi connectivity index (χ1n) is 6.07. The van der Waals surface area contributed by atoms with E-state index in [1.807, 2.05) is 14.0 Å². The first-order valence-corrected chi connectivity index (χ1v) is 6.07. The minimum absolute atomic E-state index is 0.226. The van der Waals surface area contributed by atoms with E-state index >= 15 is 0 Å². The lowest BCUT2D eigenvalue weighted by atomic mass is 9.98. The molecule has 1 aliphatic rings. The zero-order valence-electron chi connectivity index (χ0n) is 10.7. The summed E-state index contributed by atoms with van der Waals surface area (Å²) < 4.78 is 52.9. The highest BCUT2D eigenvalue weighted by Gasteiger charge is 2.27. The molecule has 0 aromatic carbocycles. The molecule has 2 unspecified atom stereocenters. The Morgan fingerprint density at radius 1 is 1.16 bits per heavy atom. The van der Waals surface area contributed by atoms with Gasteiger partial charge in [0.1, 0.15) is 5.69 Å². The van der Waals surface area contributed by atoms with Crippen LogP contribution in [0.5, 0.6) is 0 Å². The Balaban J connectivity index is 2.20. The van der Waals surface area contributed by atoms with Gasteiger partial charge in [0.15, 0.2) is 0 Å². The minimum Gasteiger partial charge on any atom is -0.377 e. The summed E-state index contributed by atoms with van der Waals surface area (Å²) in [6, 6.07) is 0.00491. The van der Waals surface area contributed by atoms with E-state index in [1.165, 1.54) is 0 Å². The lowest BCUT2D eigenvalue weighted by Crippen LogP contribution is -2.43. The van der Waals surface area contributed by atoms with Crippen LogP contribution in [0.15, 0.2) is 0 Å². The van der Waals surface area contributed by atoms with E-state index in [0.717, 1.165) is 6.54 Å². The van der Waals surface area contributed by atoms with Crippen molar-refractivity contribution in [3.8, 4) is 0 Å². The summed E-state index contributed by atoms with van der Waals surface area (Å²) in [5.41, 5.74) is -0.772. The van der Waals surface area contributed by atoms with Gasteiger partial charge in [-0.15, -0.1) is 0 Å². The van der Waals surface area contributed by atoms with Crippen molar-refractivity contribution >= 4 is 5.69 Å². The van der Waals surface area contributed by atoms with Crippen LogP contribution in [0.3, 0.4) is 0 Å². The first-order chi connectivity index (χ1) is 8.90. The number of hydrogen-bond acceptors (Lipinski definition) is 3. The van der Waals surface area contributed by atoms with Crippen LogP contribution in [0.4, 0.5) is 23.2 Å². The van der Waals surface area contributed by atoms with Crippen molar-refractivity contribution in [2.75, 3.05) is 18.9 Å². The molecule has 2 heterocycles. The van der Waals surface area contributed by atoms with Gasteiger partial charge in [0.2, 0.25) is 11.6 Å². The second-order valence-corrected chi connectivity index (χ2v) is 4.89. The molecule has 1 aliphatic heterocycles.